The second kappa shape index (κ2) is 15.3. The van der Waals surface area contributed by atoms with Gasteiger partial charge < -0.3 is 23.1 Å². The van der Waals surface area contributed by atoms with Gasteiger partial charge in [0.1, 0.15) is 6.10 Å². The predicted octanol–water partition coefficient (Wildman–Crippen LogP) is 2.31. The summed E-state index contributed by atoms with van der Waals surface area (Å²) < 4.78 is 26.1. The van der Waals surface area contributed by atoms with Gasteiger partial charge in [-0.2, -0.15) is 0 Å². The molecule has 2 aliphatic heterocycles. The molecular formula is C18H42O5Si2. The quantitative estimate of drug-likeness (QED) is 0.306. The van der Waals surface area contributed by atoms with E-state index in [2.05, 4.69) is 0 Å². The third-order valence-corrected chi connectivity index (χ3v) is 6.97. The lowest BCUT2D eigenvalue weighted by Gasteiger charge is -2.17. The molecule has 1 saturated carbocycles. The van der Waals surface area contributed by atoms with Crippen molar-refractivity contribution < 1.29 is 23.1 Å². The van der Waals surface area contributed by atoms with Crippen LogP contribution in [0.4, 0.5) is 0 Å². The number of fused-ring (bicyclic) bond motifs is 1. The van der Waals surface area contributed by atoms with Crippen LogP contribution in [-0.2, 0) is 23.1 Å². The van der Waals surface area contributed by atoms with E-state index in [9.17, 15) is 0 Å². The monoisotopic (exact) mass is 394 g/mol. The lowest BCUT2D eigenvalue weighted by Crippen LogP contribution is -2.13. The fraction of sp³-hybridized carbons (Fsp3) is 1.00. The highest BCUT2D eigenvalue weighted by molar-refractivity contribution is 6.27. The molecule has 0 aromatic carbocycles. The first-order valence-corrected chi connectivity index (χ1v) is 12.3. The molecule has 0 amide bonds. The van der Waals surface area contributed by atoms with Gasteiger partial charge in [-0.25, -0.2) is 0 Å². The van der Waals surface area contributed by atoms with Crippen LogP contribution in [-0.4, -0.2) is 71.9 Å². The summed E-state index contributed by atoms with van der Waals surface area (Å²) in [5, 5.41) is 0. The Labute approximate surface area is 160 Å². The van der Waals surface area contributed by atoms with Gasteiger partial charge in [0.25, 0.3) is 0 Å². The molecule has 0 bridgehead atoms. The van der Waals surface area contributed by atoms with Crippen molar-refractivity contribution in [1.82, 2.24) is 0 Å². The lowest BCUT2D eigenvalue weighted by molar-refractivity contribution is 0.117. The molecule has 0 aromatic rings. The Kier molecular flexibility index (Phi) is 15.5. The first-order chi connectivity index (χ1) is 11.3. The zero-order chi connectivity index (χ0) is 16.3. The molecule has 3 fully saturated rings. The van der Waals surface area contributed by atoms with Crippen molar-refractivity contribution in [3.63, 3.8) is 0 Å². The van der Waals surface area contributed by atoms with Gasteiger partial charge in [0.2, 0.25) is 0 Å². The van der Waals surface area contributed by atoms with E-state index in [0.29, 0.717) is 18.3 Å². The van der Waals surface area contributed by atoms with E-state index in [4.69, 9.17) is 23.1 Å². The normalized spacial score (nSPS) is 29.5. The smallest absolute Gasteiger partial charge is 0.161 e. The maximum Gasteiger partial charge on any atom is 0.161 e. The van der Waals surface area contributed by atoms with E-state index in [1.807, 2.05) is 7.11 Å². The van der Waals surface area contributed by atoms with Gasteiger partial charge in [-0.1, -0.05) is 21.3 Å². The van der Waals surface area contributed by atoms with E-state index < -0.39 is 0 Å². The van der Waals surface area contributed by atoms with Crippen molar-refractivity contribution in [2.45, 2.75) is 77.4 Å². The molecule has 5 nitrogen and oxygen atoms in total. The highest BCUT2D eigenvalue weighted by Gasteiger charge is 2.43. The SMILES string of the molecule is C.C.CO[SiH2]CCC1CCC2OC2C1.CO[SiH2]CCCOCC1CO1. The zero-order valence-electron chi connectivity index (χ0n) is 14.8. The summed E-state index contributed by atoms with van der Waals surface area (Å²) in [6.45, 7) is 2.55. The molecule has 4 atom stereocenters. The van der Waals surface area contributed by atoms with Crippen molar-refractivity contribution in [3.8, 4) is 0 Å². The van der Waals surface area contributed by atoms with E-state index in [1.165, 1.54) is 37.8 Å². The Bertz CT molecular complexity index is 305. The standard InChI is InChI=1S/C9H18O2Si.C7H16O3Si.2CH4/c1-10-12-5-4-7-2-3-8-9(6-7)11-8;1-8-11-4-2-3-9-5-7-6-10-7;;/h7-9H,2-6,12H2,1H3;7H,2-6,11H2,1H3;2*1H4. The number of hydrogen-bond donors (Lipinski definition) is 0. The topological polar surface area (TPSA) is 52.8 Å². The van der Waals surface area contributed by atoms with Crippen molar-refractivity contribution in [1.29, 1.82) is 0 Å². The summed E-state index contributed by atoms with van der Waals surface area (Å²) in [5.41, 5.74) is 0. The Morgan fingerprint density at radius 3 is 2.36 bits per heavy atom. The minimum atomic E-state index is -0.221. The van der Waals surface area contributed by atoms with Crippen LogP contribution in [0.3, 0.4) is 0 Å². The van der Waals surface area contributed by atoms with Crippen LogP contribution in [0, 0.1) is 5.92 Å². The largest absolute Gasteiger partial charge is 0.427 e. The maximum atomic E-state index is 5.49. The maximum absolute atomic E-state index is 5.49. The van der Waals surface area contributed by atoms with E-state index >= 15 is 0 Å². The summed E-state index contributed by atoms with van der Waals surface area (Å²) in [4.78, 5) is 0. The van der Waals surface area contributed by atoms with Crippen LogP contribution >= 0.6 is 0 Å². The van der Waals surface area contributed by atoms with Gasteiger partial charge in [0.05, 0.1) is 25.4 Å². The van der Waals surface area contributed by atoms with Crippen LogP contribution < -0.4 is 0 Å². The van der Waals surface area contributed by atoms with Crippen molar-refractivity contribution in [3.05, 3.63) is 0 Å². The minimum Gasteiger partial charge on any atom is -0.427 e. The molecule has 0 aromatic heterocycles. The van der Waals surface area contributed by atoms with Gasteiger partial charge in [-0.3, -0.25) is 0 Å². The molecule has 0 N–H and O–H groups in total. The van der Waals surface area contributed by atoms with Crippen LogP contribution in [0.15, 0.2) is 0 Å². The zero-order valence-corrected chi connectivity index (χ0v) is 17.7. The molecule has 4 unspecified atom stereocenters. The molecule has 25 heavy (non-hydrogen) atoms. The summed E-state index contributed by atoms with van der Waals surface area (Å²) in [5.74, 6) is 0.955. The Hall–Kier alpha value is 0.234. The second-order valence-corrected chi connectivity index (χ2v) is 10.1. The van der Waals surface area contributed by atoms with E-state index in [1.54, 1.807) is 7.11 Å². The molecule has 152 valence electrons. The number of rotatable bonds is 11. The van der Waals surface area contributed by atoms with Crippen molar-refractivity contribution in [2.75, 3.05) is 34.0 Å². The van der Waals surface area contributed by atoms with E-state index in [0.717, 1.165) is 32.2 Å². The lowest BCUT2D eigenvalue weighted by atomic mass is 9.88. The molecule has 7 heteroatoms. The summed E-state index contributed by atoms with van der Waals surface area (Å²) in [7, 11) is 3.23. The third-order valence-electron chi connectivity index (χ3n) is 4.67. The first kappa shape index (κ1) is 25.2. The van der Waals surface area contributed by atoms with Gasteiger partial charge in [-0.05, 0) is 43.7 Å². The van der Waals surface area contributed by atoms with Crippen LogP contribution in [0.25, 0.3) is 0 Å². The fourth-order valence-corrected chi connectivity index (χ4v) is 4.82. The molecule has 1 aliphatic carbocycles. The summed E-state index contributed by atoms with van der Waals surface area (Å²) in [6, 6.07) is 2.58. The third kappa shape index (κ3) is 12.3. The van der Waals surface area contributed by atoms with Gasteiger partial charge in [-0.15, -0.1) is 0 Å². The first-order valence-electron chi connectivity index (χ1n) is 9.16. The Balaban J connectivity index is 0.000000429. The second-order valence-electron chi connectivity index (χ2n) is 6.76. The highest BCUT2D eigenvalue weighted by atomic mass is 28.2. The predicted molar refractivity (Wildman–Crippen MR) is 110 cm³/mol. The molecule has 2 saturated heterocycles. The number of hydrogen-bond acceptors (Lipinski definition) is 5. The average Bonchev–Trinajstić information content (AvgIpc) is 3.46. The van der Waals surface area contributed by atoms with Crippen molar-refractivity contribution >= 4 is 19.5 Å². The van der Waals surface area contributed by atoms with Crippen LogP contribution in [0.2, 0.25) is 12.1 Å². The number of ether oxygens (including phenoxy) is 3. The molecule has 3 rings (SSSR count). The van der Waals surface area contributed by atoms with Gasteiger partial charge in [0, 0.05) is 20.8 Å². The molecular weight excluding hydrogens is 352 g/mol. The fourth-order valence-electron chi connectivity index (χ4n) is 3.09. The molecule has 0 radical (unpaired) electrons. The Morgan fingerprint density at radius 2 is 1.72 bits per heavy atom. The number of epoxide rings is 2. The summed E-state index contributed by atoms with van der Waals surface area (Å²) in [6.07, 6.45) is 8.34. The van der Waals surface area contributed by atoms with Gasteiger partial charge in [0.15, 0.2) is 19.5 Å². The molecule has 0 spiro atoms. The Morgan fingerprint density at radius 1 is 1.00 bits per heavy atom. The van der Waals surface area contributed by atoms with E-state index in [-0.39, 0.29) is 34.4 Å². The highest BCUT2D eigenvalue weighted by Crippen LogP contribution is 2.40. The minimum absolute atomic E-state index is 0. The van der Waals surface area contributed by atoms with Crippen LogP contribution in [0.5, 0.6) is 0 Å². The van der Waals surface area contributed by atoms with Gasteiger partial charge >= 0.3 is 0 Å². The summed E-state index contributed by atoms with van der Waals surface area (Å²) >= 11 is 0. The average molecular weight is 395 g/mol. The van der Waals surface area contributed by atoms with Crippen LogP contribution in [0.1, 0.15) is 47.0 Å². The van der Waals surface area contributed by atoms with Crippen molar-refractivity contribution in [2.24, 2.45) is 5.92 Å². The molecule has 2 heterocycles. The molecule has 3 aliphatic rings.